The molecule has 0 atom stereocenters. The van der Waals surface area contributed by atoms with Crippen molar-refractivity contribution in [2.45, 2.75) is 26.4 Å². The van der Waals surface area contributed by atoms with Crippen molar-refractivity contribution in [2.75, 3.05) is 0 Å². The quantitative estimate of drug-likeness (QED) is 0.927. The third-order valence-electron chi connectivity index (χ3n) is 3.13. The van der Waals surface area contributed by atoms with Crippen LogP contribution in [0.25, 0.3) is 0 Å². The summed E-state index contributed by atoms with van der Waals surface area (Å²) in [5.41, 5.74) is 0.871. The first-order chi connectivity index (χ1) is 9.59. The zero-order chi connectivity index (χ0) is 14.5. The average Bonchev–Trinajstić information content (AvgIpc) is 2.45. The molecule has 0 unspecified atom stereocenters. The Morgan fingerprint density at radius 3 is 2.45 bits per heavy atom. The monoisotopic (exact) mass is 270 g/mol. The molecule has 2 aromatic rings. The van der Waals surface area contributed by atoms with Crippen molar-refractivity contribution in [2.24, 2.45) is 0 Å². The molecular formula is C16H18N2O2. The molecule has 2 rings (SSSR count). The first-order valence-corrected chi connectivity index (χ1v) is 6.62. The summed E-state index contributed by atoms with van der Waals surface area (Å²) in [5.74, 6) is -0.245. The molecule has 0 aliphatic rings. The molecule has 0 aliphatic heterocycles. The molecule has 1 amide bonds. The zero-order valence-corrected chi connectivity index (χ0v) is 11.7. The van der Waals surface area contributed by atoms with Crippen molar-refractivity contribution in [1.29, 1.82) is 0 Å². The molecule has 0 spiro atoms. The zero-order valence-electron chi connectivity index (χ0n) is 11.7. The second kappa shape index (κ2) is 6.19. The first kappa shape index (κ1) is 14.1. The third kappa shape index (κ3) is 3.15. The van der Waals surface area contributed by atoms with Gasteiger partial charge in [0.05, 0.1) is 0 Å². The molecule has 0 saturated carbocycles. The SMILES string of the molecule is CC(C)N(Cc1ccccc1)C(=O)c1ccc[nH]c1=O. The Kier molecular flexibility index (Phi) is 4.35. The fourth-order valence-electron chi connectivity index (χ4n) is 2.01. The molecule has 4 heteroatoms. The second-order valence-electron chi connectivity index (χ2n) is 4.93. The fourth-order valence-corrected chi connectivity index (χ4v) is 2.01. The number of amides is 1. The van der Waals surface area contributed by atoms with Crippen LogP contribution in [0.5, 0.6) is 0 Å². The van der Waals surface area contributed by atoms with Gasteiger partial charge in [0.1, 0.15) is 5.56 Å². The van der Waals surface area contributed by atoms with Gasteiger partial charge in [-0.25, -0.2) is 0 Å². The van der Waals surface area contributed by atoms with Gasteiger partial charge in [0.15, 0.2) is 0 Å². The molecule has 20 heavy (non-hydrogen) atoms. The van der Waals surface area contributed by atoms with E-state index in [4.69, 9.17) is 0 Å². The van der Waals surface area contributed by atoms with Crippen molar-refractivity contribution >= 4 is 5.91 Å². The van der Waals surface area contributed by atoms with Crippen molar-refractivity contribution in [3.63, 3.8) is 0 Å². The van der Waals surface area contributed by atoms with Crippen LogP contribution in [0.1, 0.15) is 29.8 Å². The van der Waals surface area contributed by atoms with Gasteiger partial charge < -0.3 is 9.88 Å². The number of aromatic amines is 1. The van der Waals surface area contributed by atoms with Gasteiger partial charge in [0, 0.05) is 18.8 Å². The lowest BCUT2D eigenvalue weighted by atomic mass is 10.1. The summed E-state index contributed by atoms with van der Waals surface area (Å²) in [4.78, 5) is 28.5. The number of rotatable bonds is 4. The van der Waals surface area contributed by atoms with E-state index in [2.05, 4.69) is 4.98 Å². The van der Waals surface area contributed by atoms with Crippen LogP contribution in [0.2, 0.25) is 0 Å². The number of carbonyl (C=O) groups is 1. The van der Waals surface area contributed by atoms with Crippen LogP contribution in [-0.4, -0.2) is 21.8 Å². The van der Waals surface area contributed by atoms with Crippen LogP contribution >= 0.6 is 0 Å². The van der Waals surface area contributed by atoms with Gasteiger partial charge in [0.25, 0.3) is 11.5 Å². The minimum Gasteiger partial charge on any atom is -0.332 e. The molecule has 1 heterocycles. The van der Waals surface area contributed by atoms with Gasteiger partial charge in [-0.15, -0.1) is 0 Å². The van der Waals surface area contributed by atoms with E-state index in [9.17, 15) is 9.59 Å². The van der Waals surface area contributed by atoms with E-state index in [1.54, 1.807) is 17.0 Å². The van der Waals surface area contributed by atoms with E-state index in [1.165, 1.54) is 6.20 Å². The Labute approximate surface area is 118 Å². The van der Waals surface area contributed by atoms with Gasteiger partial charge >= 0.3 is 0 Å². The topological polar surface area (TPSA) is 53.2 Å². The van der Waals surface area contributed by atoms with Crippen molar-refractivity contribution in [1.82, 2.24) is 9.88 Å². The smallest absolute Gasteiger partial charge is 0.260 e. The van der Waals surface area contributed by atoms with E-state index in [0.29, 0.717) is 6.54 Å². The summed E-state index contributed by atoms with van der Waals surface area (Å²) in [6.45, 7) is 4.38. The van der Waals surface area contributed by atoms with E-state index >= 15 is 0 Å². The van der Waals surface area contributed by atoms with Crippen LogP contribution in [0, 0.1) is 0 Å². The summed E-state index contributed by atoms with van der Waals surface area (Å²) in [5, 5.41) is 0. The Hall–Kier alpha value is -2.36. The molecule has 0 saturated heterocycles. The molecule has 1 aromatic heterocycles. The van der Waals surface area contributed by atoms with Gasteiger partial charge in [-0.3, -0.25) is 9.59 Å². The Bertz CT molecular complexity index is 632. The Morgan fingerprint density at radius 1 is 1.15 bits per heavy atom. The number of hydrogen-bond acceptors (Lipinski definition) is 2. The summed E-state index contributed by atoms with van der Waals surface area (Å²) >= 11 is 0. The highest BCUT2D eigenvalue weighted by Crippen LogP contribution is 2.11. The van der Waals surface area contributed by atoms with Crippen LogP contribution < -0.4 is 5.56 Å². The number of aromatic nitrogens is 1. The standard InChI is InChI=1S/C16H18N2O2/c1-12(2)18(11-13-7-4-3-5-8-13)16(20)14-9-6-10-17-15(14)19/h3-10,12H,11H2,1-2H3,(H,17,19). The molecule has 0 fully saturated rings. The highest BCUT2D eigenvalue weighted by molar-refractivity contribution is 5.93. The number of nitrogens with one attached hydrogen (secondary N) is 1. The number of pyridine rings is 1. The molecule has 104 valence electrons. The minimum atomic E-state index is -0.351. The lowest BCUT2D eigenvalue weighted by Gasteiger charge is -2.26. The van der Waals surface area contributed by atoms with E-state index in [1.807, 2.05) is 44.2 Å². The van der Waals surface area contributed by atoms with Crippen LogP contribution in [-0.2, 0) is 6.54 Å². The van der Waals surface area contributed by atoms with Gasteiger partial charge in [-0.2, -0.15) is 0 Å². The lowest BCUT2D eigenvalue weighted by Crippen LogP contribution is -2.39. The fraction of sp³-hybridized carbons (Fsp3) is 0.250. The van der Waals surface area contributed by atoms with Crippen molar-refractivity contribution < 1.29 is 4.79 Å². The summed E-state index contributed by atoms with van der Waals surface area (Å²) < 4.78 is 0. The maximum absolute atomic E-state index is 12.5. The molecule has 0 bridgehead atoms. The third-order valence-corrected chi connectivity index (χ3v) is 3.13. The van der Waals surface area contributed by atoms with Gasteiger partial charge in [0.2, 0.25) is 0 Å². The normalized spacial score (nSPS) is 10.6. The maximum atomic E-state index is 12.5. The van der Waals surface area contributed by atoms with E-state index < -0.39 is 0 Å². The molecule has 0 aliphatic carbocycles. The number of H-pyrrole nitrogens is 1. The number of nitrogens with zero attached hydrogens (tertiary/aromatic N) is 1. The molecular weight excluding hydrogens is 252 g/mol. The maximum Gasteiger partial charge on any atom is 0.260 e. The summed E-state index contributed by atoms with van der Waals surface area (Å²) in [6, 6.07) is 13.0. The summed E-state index contributed by atoms with van der Waals surface area (Å²) in [7, 11) is 0. The van der Waals surface area contributed by atoms with E-state index in [-0.39, 0.29) is 23.1 Å². The first-order valence-electron chi connectivity index (χ1n) is 6.62. The molecule has 4 nitrogen and oxygen atoms in total. The number of carbonyl (C=O) groups excluding carboxylic acids is 1. The van der Waals surface area contributed by atoms with Gasteiger partial charge in [-0.1, -0.05) is 30.3 Å². The van der Waals surface area contributed by atoms with Crippen LogP contribution in [0.4, 0.5) is 0 Å². The average molecular weight is 270 g/mol. The largest absolute Gasteiger partial charge is 0.332 e. The summed E-state index contributed by atoms with van der Waals surface area (Å²) in [6.07, 6.45) is 1.52. The Balaban J connectivity index is 2.28. The second-order valence-corrected chi connectivity index (χ2v) is 4.93. The van der Waals surface area contributed by atoms with E-state index in [0.717, 1.165) is 5.56 Å². The van der Waals surface area contributed by atoms with Crippen molar-refractivity contribution in [3.05, 3.63) is 70.1 Å². The molecule has 0 radical (unpaired) electrons. The van der Waals surface area contributed by atoms with Crippen molar-refractivity contribution in [3.8, 4) is 0 Å². The molecule has 1 N–H and O–H groups in total. The Morgan fingerprint density at radius 2 is 1.85 bits per heavy atom. The lowest BCUT2D eigenvalue weighted by molar-refractivity contribution is 0.0688. The van der Waals surface area contributed by atoms with Crippen LogP contribution in [0.15, 0.2) is 53.5 Å². The minimum absolute atomic E-state index is 0.0160. The number of hydrogen-bond donors (Lipinski definition) is 1. The predicted molar refractivity (Wildman–Crippen MR) is 78.5 cm³/mol. The highest BCUT2D eigenvalue weighted by Gasteiger charge is 2.21. The van der Waals surface area contributed by atoms with Gasteiger partial charge in [-0.05, 0) is 31.5 Å². The predicted octanol–water partition coefficient (Wildman–Crippen LogP) is 2.43. The molecule has 1 aromatic carbocycles. The number of benzene rings is 1. The highest BCUT2D eigenvalue weighted by atomic mass is 16.2. The van der Waals surface area contributed by atoms with Crippen LogP contribution in [0.3, 0.4) is 0 Å².